The van der Waals surface area contributed by atoms with Gasteiger partial charge in [-0.25, -0.2) is 0 Å². The molecule has 26 heavy (non-hydrogen) atoms. The molecular weight excluding hydrogens is 344 g/mol. The summed E-state index contributed by atoms with van der Waals surface area (Å²) in [6.45, 7) is 1.24. The smallest absolute Gasteiger partial charge is 0.308 e. The molecule has 0 bridgehead atoms. The Morgan fingerprint density at radius 1 is 1.00 bits per heavy atom. The molecule has 0 radical (unpaired) electrons. The summed E-state index contributed by atoms with van der Waals surface area (Å²) in [6.07, 6.45) is 0. The van der Waals surface area contributed by atoms with Crippen molar-refractivity contribution in [3.63, 3.8) is 0 Å². The normalized spacial score (nSPS) is 9.96. The van der Waals surface area contributed by atoms with Crippen molar-refractivity contribution < 1.29 is 28.7 Å². The van der Waals surface area contributed by atoms with E-state index in [1.54, 1.807) is 0 Å². The van der Waals surface area contributed by atoms with Crippen molar-refractivity contribution >= 4 is 23.3 Å². The molecule has 0 saturated carbocycles. The molecule has 0 fully saturated rings. The third kappa shape index (κ3) is 4.26. The monoisotopic (exact) mass is 360 g/mol. The van der Waals surface area contributed by atoms with Gasteiger partial charge in [0.2, 0.25) is 0 Å². The van der Waals surface area contributed by atoms with Gasteiger partial charge in [0.15, 0.2) is 11.5 Å². The minimum atomic E-state index is -0.577. The van der Waals surface area contributed by atoms with Crippen LogP contribution in [0.25, 0.3) is 0 Å². The van der Waals surface area contributed by atoms with Gasteiger partial charge in [0, 0.05) is 24.6 Å². The molecule has 0 aromatic heterocycles. The summed E-state index contributed by atoms with van der Waals surface area (Å²) in [5.41, 5.74) is 0.157. The van der Waals surface area contributed by atoms with Gasteiger partial charge >= 0.3 is 5.97 Å². The van der Waals surface area contributed by atoms with Gasteiger partial charge in [-0.05, 0) is 24.3 Å². The largest absolute Gasteiger partial charge is 0.495 e. The van der Waals surface area contributed by atoms with Crippen LogP contribution >= 0.6 is 0 Å². The summed E-state index contributed by atoms with van der Waals surface area (Å²) >= 11 is 0. The van der Waals surface area contributed by atoms with Crippen LogP contribution in [0.2, 0.25) is 0 Å². The Labute approximate surface area is 148 Å². The van der Waals surface area contributed by atoms with E-state index < -0.39 is 16.8 Å². The number of nitro benzene ring substituents is 1. The number of amides is 1. The van der Waals surface area contributed by atoms with E-state index in [9.17, 15) is 19.7 Å². The lowest BCUT2D eigenvalue weighted by atomic mass is 10.1. The van der Waals surface area contributed by atoms with E-state index in [-0.39, 0.29) is 34.2 Å². The van der Waals surface area contributed by atoms with Gasteiger partial charge in [-0.1, -0.05) is 0 Å². The van der Waals surface area contributed by atoms with Gasteiger partial charge in [-0.3, -0.25) is 19.7 Å². The van der Waals surface area contributed by atoms with Crippen LogP contribution in [0.5, 0.6) is 17.2 Å². The average molecular weight is 360 g/mol. The number of benzene rings is 2. The molecule has 0 aliphatic carbocycles. The molecular formula is C17H16N2O7. The van der Waals surface area contributed by atoms with Crippen LogP contribution in [0.1, 0.15) is 17.3 Å². The number of rotatable bonds is 6. The quantitative estimate of drug-likeness (QED) is 0.364. The molecule has 1 amide bonds. The first kappa shape index (κ1) is 18.7. The first-order chi connectivity index (χ1) is 12.3. The first-order valence-electron chi connectivity index (χ1n) is 7.36. The number of carbonyl (C=O) groups excluding carboxylic acids is 2. The first-order valence-corrected chi connectivity index (χ1v) is 7.36. The molecule has 136 valence electrons. The van der Waals surface area contributed by atoms with E-state index >= 15 is 0 Å². The number of nitrogens with zero attached hydrogens (tertiary/aromatic N) is 1. The Morgan fingerprint density at radius 2 is 1.65 bits per heavy atom. The van der Waals surface area contributed by atoms with Crippen LogP contribution in [0.4, 0.5) is 11.4 Å². The van der Waals surface area contributed by atoms with E-state index in [0.29, 0.717) is 0 Å². The van der Waals surface area contributed by atoms with E-state index in [1.807, 2.05) is 0 Å². The number of anilines is 1. The Bertz CT molecular complexity index is 864. The summed E-state index contributed by atoms with van der Waals surface area (Å²) in [6, 6.07) is 8.09. The highest BCUT2D eigenvalue weighted by molar-refractivity contribution is 6.05. The molecule has 0 atom stereocenters. The van der Waals surface area contributed by atoms with Crippen LogP contribution < -0.4 is 19.5 Å². The number of methoxy groups -OCH3 is 2. The zero-order valence-electron chi connectivity index (χ0n) is 14.3. The fourth-order valence-corrected chi connectivity index (χ4v) is 2.15. The minimum Gasteiger partial charge on any atom is -0.495 e. The second-order valence-electron chi connectivity index (χ2n) is 5.06. The summed E-state index contributed by atoms with van der Waals surface area (Å²) in [4.78, 5) is 33.9. The van der Waals surface area contributed by atoms with E-state index in [0.717, 1.165) is 0 Å². The van der Waals surface area contributed by atoms with Crippen LogP contribution in [-0.2, 0) is 4.79 Å². The average Bonchev–Trinajstić information content (AvgIpc) is 2.61. The van der Waals surface area contributed by atoms with Gasteiger partial charge in [0.25, 0.3) is 11.6 Å². The molecule has 2 aromatic rings. The van der Waals surface area contributed by atoms with Crippen LogP contribution in [0.15, 0.2) is 36.4 Å². The minimum absolute atomic E-state index is 0.148. The standard InChI is InChI=1S/C17H16N2O7/c1-10(20)26-15-6-4-11(8-16(15)25-3)17(21)18-13-9-12(19(22)23)5-7-14(13)24-2/h4-9H,1-3H3,(H,18,21). The molecule has 9 nitrogen and oxygen atoms in total. The molecule has 0 heterocycles. The number of nitro groups is 1. The number of nitrogens with one attached hydrogen (secondary N) is 1. The van der Waals surface area contributed by atoms with Crippen molar-refractivity contribution in [1.29, 1.82) is 0 Å². The van der Waals surface area contributed by atoms with Crippen molar-refractivity contribution in [1.82, 2.24) is 0 Å². The SMILES string of the molecule is COc1ccc([N+](=O)[O-])cc1NC(=O)c1ccc(OC(C)=O)c(OC)c1. The van der Waals surface area contributed by atoms with Crippen LogP contribution in [0, 0.1) is 10.1 Å². The van der Waals surface area contributed by atoms with Gasteiger partial charge in [-0.2, -0.15) is 0 Å². The zero-order valence-corrected chi connectivity index (χ0v) is 14.3. The summed E-state index contributed by atoms with van der Waals surface area (Å²) < 4.78 is 15.2. The Balaban J connectivity index is 2.31. The molecule has 0 saturated heterocycles. The van der Waals surface area contributed by atoms with Crippen molar-refractivity contribution in [3.05, 3.63) is 52.1 Å². The van der Waals surface area contributed by atoms with Crippen molar-refractivity contribution in [2.75, 3.05) is 19.5 Å². The highest BCUT2D eigenvalue weighted by Gasteiger charge is 2.16. The third-order valence-corrected chi connectivity index (χ3v) is 3.32. The Kier molecular flexibility index (Phi) is 5.74. The molecule has 9 heteroatoms. The lowest BCUT2D eigenvalue weighted by Crippen LogP contribution is -2.13. The fourth-order valence-electron chi connectivity index (χ4n) is 2.15. The number of non-ortho nitro benzene ring substituents is 1. The molecule has 0 aliphatic heterocycles. The van der Waals surface area contributed by atoms with Crippen LogP contribution in [-0.4, -0.2) is 31.0 Å². The maximum atomic E-state index is 12.5. The van der Waals surface area contributed by atoms with Crippen molar-refractivity contribution in [3.8, 4) is 17.2 Å². The maximum Gasteiger partial charge on any atom is 0.308 e. The summed E-state index contributed by atoms with van der Waals surface area (Å²) in [5.74, 6) is -0.436. The molecule has 0 spiro atoms. The highest BCUT2D eigenvalue weighted by Crippen LogP contribution is 2.31. The summed E-state index contributed by atoms with van der Waals surface area (Å²) in [5, 5.41) is 13.5. The lowest BCUT2D eigenvalue weighted by molar-refractivity contribution is -0.384. The zero-order chi connectivity index (χ0) is 19.3. The Hall–Kier alpha value is -3.62. The highest BCUT2D eigenvalue weighted by atomic mass is 16.6. The van der Waals surface area contributed by atoms with E-state index in [2.05, 4.69) is 5.32 Å². The van der Waals surface area contributed by atoms with Gasteiger partial charge in [-0.15, -0.1) is 0 Å². The second kappa shape index (κ2) is 7.97. The fraction of sp³-hybridized carbons (Fsp3) is 0.176. The number of esters is 1. The molecule has 2 aromatic carbocycles. The third-order valence-electron chi connectivity index (χ3n) is 3.32. The summed E-state index contributed by atoms with van der Waals surface area (Å²) in [7, 11) is 2.75. The van der Waals surface area contributed by atoms with Gasteiger partial charge < -0.3 is 19.5 Å². The number of hydrogen-bond acceptors (Lipinski definition) is 7. The van der Waals surface area contributed by atoms with Crippen molar-refractivity contribution in [2.24, 2.45) is 0 Å². The molecule has 0 unspecified atom stereocenters. The predicted octanol–water partition coefficient (Wildman–Crippen LogP) is 2.79. The van der Waals surface area contributed by atoms with E-state index in [4.69, 9.17) is 14.2 Å². The molecule has 2 rings (SSSR count). The second-order valence-corrected chi connectivity index (χ2v) is 5.06. The molecule has 0 aliphatic rings. The van der Waals surface area contributed by atoms with Gasteiger partial charge in [0.05, 0.1) is 24.8 Å². The predicted molar refractivity (Wildman–Crippen MR) is 91.9 cm³/mol. The number of ether oxygens (including phenoxy) is 3. The number of carbonyl (C=O) groups is 2. The maximum absolute atomic E-state index is 12.5. The number of hydrogen-bond donors (Lipinski definition) is 1. The lowest BCUT2D eigenvalue weighted by Gasteiger charge is -2.12. The molecule has 1 N–H and O–H groups in total. The van der Waals surface area contributed by atoms with E-state index in [1.165, 1.54) is 57.5 Å². The topological polar surface area (TPSA) is 117 Å². The van der Waals surface area contributed by atoms with Crippen molar-refractivity contribution in [2.45, 2.75) is 6.92 Å². The van der Waals surface area contributed by atoms with Crippen LogP contribution in [0.3, 0.4) is 0 Å². The Morgan fingerprint density at radius 3 is 2.23 bits per heavy atom. The van der Waals surface area contributed by atoms with Gasteiger partial charge in [0.1, 0.15) is 5.75 Å².